The molecule has 0 aliphatic rings. The van der Waals surface area contributed by atoms with Crippen LogP contribution < -0.4 is 0 Å². The van der Waals surface area contributed by atoms with Gasteiger partial charge in [-0.3, -0.25) is 0 Å². The highest BCUT2D eigenvalue weighted by atomic mass is 32.1. The van der Waals surface area contributed by atoms with Crippen LogP contribution in [0.4, 0.5) is 0 Å². The second-order valence-corrected chi connectivity index (χ2v) is 3.80. The summed E-state index contributed by atoms with van der Waals surface area (Å²) in [6.45, 7) is 0. The SMILES string of the molecule is Sc1ccc(-c2nccs2)cc1. The van der Waals surface area contributed by atoms with Crippen LogP contribution in [-0.2, 0) is 0 Å². The lowest BCUT2D eigenvalue weighted by atomic mass is 10.2. The zero-order chi connectivity index (χ0) is 8.39. The Morgan fingerprint density at radius 2 is 1.92 bits per heavy atom. The van der Waals surface area contributed by atoms with Crippen LogP contribution in [0.5, 0.6) is 0 Å². The molecule has 1 heterocycles. The van der Waals surface area contributed by atoms with Gasteiger partial charge < -0.3 is 0 Å². The Labute approximate surface area is 80.5 Å². The molecule has 0 aliphatic carbocycles. The normalized spacial score (nSPS) is 10.1. The van der Waals surface area contributed by atoms with Crippen molar-refractivity contribution < 1.29 is 0 Å². The zero-order valence-corrected chi connectivity index (χ0v) is 7.98. The van der Waals surface area contributed by atoms with Crippen molar-refractivity contribution in [3.63, 3.8) is 0 Å². The first-order valence-electron chi connectivity index (χ1n) is 3.55. The van der Waals surface area contributed by atoms with Gasteiger partial charge in [-0.25, -0.2) is 4.98 Å². The molecule has 3 heteroatoms. The minimum atomic E-state index is 0.982. The second kappa shape index (κ2) is 3.29. The van der Waals surface area contributed by atoms with Gasteiger partial charge in [-0.15, -0.1) is 24.0 Å². The number of thiol groups is 1. The molecule has 2 rings (SSSR count). The molecule has 0 N–H and O–H groups in total. The Kier molecular flexibility index (Phi) is 2.15. The lowest BCUT2D eigenvalue weighted by Gasteiger charge is -1.95. The molecule has 0 atom stereocenters. The summed E-state index contributed by atoms with van der Waals surface area (Å²) in [6.07, 6.45) is 1.81. The summed E-state index contributed by atoms with van der Waals surface area (Å²) in [5.74, 6) is 0. The third kappa shape index (κ3) is 1.52. The van der Waals surface area contributed by atoms with Crippen LogP contribution >= 0.6 is 24.0 Å². The summed E-state index contributed by atoms with van der Waals surface area (Å²) in [6, 6.07) is 8.00. The predicted molar refractivity (Wildman–Crippen MR) is 54.8 cm³/mol. The molecule has 0 aliphatic heterocycles. The maximum absolute atomic E-state index is 4.21. The number of benzene rings is 1. The van der Waals surface area contributed by atoms with Crippen molar-refractivity contribution in [3.05, 3.63) is 35.8 Å². The topological polar surface area (TPSA) is 12.9 Å². The molecular weight excluding hydrogens is 186 g/mol. The smallest absolute Gasteiger partial charge is 0.123 e. The number of hydrogen-bond acceptors (Lipinski definition) is 3. The van der Waals surface area contributed by atoms with Gasteiger partial charge in [0.1, 0.15) is 5.01 Å². The van der Waals surface area contributed by atoms with Crippen molar-refractivity contribution in [2.45, 2.75) is 4.90 Å². The van der Waals surface area contributed by atoms with Crippen molar-refractivity contribution in [2.24, 2.45) is 0 Å². The van der Waals surface area contributed by atoms with Crippen molar-refractivity contribution >= 4 is 24.0 Å². The largest absolute Gasteiger partial charge is 0.245 e. The number of thiazole rings is 1. The number of rotatable bonds is 1. The molecule has 0 radical (unpaired) electrons. The molecule has 0 unspecified atom stereocenters. The van der Waals surface area contributed by atoms with Crippen LogP contribution in [0.3, 0.4) is 0 Å². The Morgan fingerprint density at radius 3 is 2.50 bits per heavy atom. The first-order chi connectivity index (χ1) is 5.86. The quantitative estimate of drug-likeness (QED) is 0.687. The minimum Gasteiger partial charge on any atom is -0.245 e. The summed E-state index contributed by atoms with van der Waals surface area (Å²) in [5, 5.41) is 3.03. The molecule has 12 heavy (non-hydrogen) atoms. The molecule has 1 aromatic carbocycles. The van der Waals surface area contributed by atoms with Crippen LogP contribution in [0.1, 0.15) is 0 Å². The van der Waals surface area contributed by atoms with Crippen LogP contribution in [0.2, 0.25) is 0 Å². The third-order valence-electron chi connectivity index (χ3n) is 1.55. The van der Waals surface area contributed by atoms with Crippen LogP contribution in [0, 0.1) is 0 Å². The maximum atomic E-state index is 4.21. The molecule has 2 aromatic rings. The predicted octanol–water partition coefficient (Wildman–Crippen LogP) is 3.10. The van der Waals surface area contributed by atoms with Crippen LogP contribution in [0.15, 0.2) is 40.7 Å². The van der Waals surface area contributed by atoms with E-state index in [4.69, 9.17) is 0 Å². The number of nitrogens with zero attached hydrogens (tertiary/aromatic N) is 1. The van der Waals surface area contributed by atoms with Gasteiger partial charge in [0.2, 0.25) is 0 Å². The molecule has 0 spiro atoms. The first-order valence-corrected chi connectivity index (χ1v) is 4.88. The Balaban J connectivity index is 2.43. The fourth-order valence-electron chi connectivity index (χ4n) is 0.970. The van der Waals surface area contributed by atoms with Crippen molar-refractivity contribution in [3.8, 4) is 10.6 Å². The second-order valence-electron chi connectivity index (χ2n) is 2.38. The van der Waals surface area contributed by atoms with E-state index >= 15 is 0 Å². The van der Waals surface area contributed by atoms with Gasteiger partial charge in [0.25, 0.3) is 0 Å². The highest BCUT2D eigenvalue weighted by Crippen LogP contribution is 2.22. The van der Waals surface area contributed by atoms with Crippen molar-refractivity contribution in [1.29, 1.82) is 0 Å². The molecule has 1 nitrogen and oxygen atoms in total. The van der Waals surface area contributed by atoms with E-state index < -0.39 is 0 Å². The number of aromatic nitrogens is 1. The highest BCUT2D eigenvalue weighted by molar-refractivity contribution is 7.80. The van der Waals surface area contributed by atoms with Gasteiger partial charge in [-0.1, -0.05) is 12.1 Å². The molecule has 0 saturated heterocycles. The minimum absolute atomic E-state index is 0.982. The van der Waals surface area contributed by atoms with E-state index in [0.29, 0.717) is 0 Å². The highest BCUT2D eigenvalue weighted by Gasteiger charge is 1.97. The van der Waals surface area contributed by atoms with Crippen molar-refractivity contribution in [2.75, 3.05) is 0 Å². The van der Waals surface area contributed by atoms with Crippen LogP contribution in [-0.4, -0.2) is 4.98 Å². The van der Waals surface area contributed by atoms with Gasteiger partial charge in [0, 0.05) is 22.0 Å². The van der Waals surface area contributed by atoms with E-state index in [-0.39, 0.29) is 0 Å². The summed E-state index contributed by atoms with van der Waals surface area (Å²) >= 11 is 5.86. The Morgan fingerprint density at radius 1 is 1.17 bits per heavy atom. The molecule has 0 amide bonds. The fourth-order valence-corrected chi connectivity index (χ4v) is 1.76. The van der Waals surface area contributed by atoms with Crippen LogP contribution in [0.25, 0.3) is 10.6 Å². The molecule has 0 saturated carbocycles. The molecule has 1 aromatic heterocycles. The van der Waals surface area contributed by atoms with Gasteiger partial charge in [0.05, 0.1) is 0 Å². The molecular formula is C9H7NS2. The first kappa shape index (κ1) is 7.83. The third-order valence-corrected chi connectivity index (χ3v) is 2.67. The summed E-state index contributed by atoms with van der Waals surface area (Å²) < 4.78 is 0. The molecule has 0 bridgehead atoms. The van der Waals surface area contributed by atoms with E-state index in [2.05, 4.69) is 17.6 Å². The van der Waals surface area contributed by atoms with Gasteiger partial charge in [0.15, 0.2) is 0 Å². The zero-order valence-electron chi connectivity index (χ0n) is 6.27. The summed E-state index contributed by atoms with van der Waals surface area (Å²) in [5.41, 5.74) is 1.16. The average molecular weight is 193 g/mol. The fraction of sp³-hybridized carbons (Fsp3) is 0. The standard InChI is InChI=1S/C9H7NS2/c11-8-3-1-7(2-4-8)9-10-5-6-12-9/h1-6,11H. The lowest BCUT2D eigenvalue weighted by molar-refractivity contribution is 1.39. The lowest BCUT2D eigenvalue weighted by Crippen LogP contribution is -1.73. The van der Waals surface area contributed by atoms with E-state index in [9.17, 15) is 0 Å². The number of hydrogen-bond donors (Lipinski definition) is 1. The van der Waals surface area contributed by atoms with E-state index in [1.54, 1.807) is 11.3 Å². The monoisotopic (exact) mass is 193 g/mol. The summed E-state index contributed by atoms with van der Waals surface area (Å²) in [7, 11) is 0. The molecule has 60 valence electrons. The van der Waals surface area contributed by atoms with Crippen molar-refractivity contribution in [1.82, 2.24) is 4.98 Å². The maximum Gasteiger partial charge on any atom is 0.123 e. The van der Waals surface area contributed by atoms with E-state index in [1.807, 2.05) is 35.8 Å². The van der Waals surface area contributed by atoms with Gasteiger partial charge >= 0.3 is 0 Å². The van der Waals surface area contributed by atoms with Gasteiger partial charge in [-0.2, -0.15) is 0 Å². The average Bonchev–Trinajstić information content (AvgIpc) is 2.58. The Bertz CT molecular complexity index is 351. The van der Waals surface area contributed by atoms with Gasteiger partial charge in [-0.05, 0) is 12.1 Å². The molecule has 0 fully saturated rings. The Hall–Kier alpha value is -0.800. The van der Waals surface area contributed by atoms with E-state index in [1.165, 1.54) is 0 Å². The summed E-state index contributed by atoms with van der Waals surface area (Å²) in [4.78, 5) is 5.19. The van der Waals surface area contributed by atoms with E-state index in [0.717, 1.165) is 15.5 Å².